The van der Waals surface area contributed by atoms with Crippen LogP contribution in [0.25, 0.3) is 0 Å². The topological polar surface area (TPSA) is 83.3 Å². The molecule has 120 valence electrons. The molecule has 0 saturated heterocycles. The summed E-state index contributed by atoms with van der Waals surface area (Å²) in [6.07, 6.45) is 0. The van der Waals surface area contributed by atoms with Gasteiger partial charge in [-0.05, 0) is 37.6 Å². The highest BCUT2D eigenvalue weighted by atomic mass is 16.5. The van der Waals surface area contributed by atoms with Crippen molar-refractivity contribution >= 4 is 11.8 Å². The normalized spacial score (nSPS) is 13.0. The number of hydrogen-bond acceptors (Lipinski definition) is 5. The Hall–Kier alpha value is -3.20. The minimum Gasteiger partial charge on any atom is -0.475 e. The summed E-state index contributed by atoms with van der Waals surface area (Å²) in [5, 5.41) is 9.21. The van der Waals surface area contributed by atoms with Gasteiger partial charge in [-0.2, -0.15) is 5.26 Å². The lowest BCUT2D eigenvalue weighted by Gasteiger charge is -2.15. The van der Waals surface area contributed by atoms with Crippen molar-refractivity contribution in [3.8, 4) is 11.9 Å². The second kappa shape index (κ2) is 6.13. The van der Waals surface area contributed by atoms with Gasteiger partial charge in [0.25, 0.3) is 11.8 Å². The molecule has 6 nitrogen and oxygen atoms in total. The van der Waals surface area contributed by atoms with Gasteiger partial charge in [0.1, 0.15) is 18.2 Å². The van der Waals surface area contributed by atoms with E-state index in [1.54, 1.807) is 30.3 Å². The van der Waals surface area contributed by atoms with Gasteiger partial charge in [0.05, 0.1) is 17.7 Å². The average molecular weight is 321 g/mol. The third-order valence-corrected chi connectivity index (χ3v) is 3.86. The van der Waals surface area contributed by atoms with Crippen molar-refractivity contribution in [2.24, 2.45) is 0 Å². The highest BCUT2D eigenvalue weighted by Crippen LogP contribution is 2.23. The molecule has 24 heavy (non-hydrogen) atoms. The van der Waals surface area contributed by atoms with Crippen molar-refractivity contribution in [3.63, 3.8) is 0 Å². The molecule has 0 atom stereocenters. The summed E-state index contributed by atoms with van der Waals surface area (Å²) in [6, 6.07) is 10.6. The van der Waals surface area contributed by atoms with E-state index in [2.05, 4.69) is 11.1 Å². The zero-order valence-corrected chi connectivity index (χ0v) is 13.4. The molecule has 0 spiro atoms. The van der Waals surface area contributed by atoms with E-state index in [-0.39, 0.29) is 30.8 Å². The van der Waals surface area contributed by atoms with E-state index >= 15 is 0 Å². The summed E-state index contributed by atoms with van der Waals surface area (Å²) < 4.78 is 5.57. The molecule has 1 aliphatic rings. The Labute approximate surface area is 139 Å². The fourth-order valence-electron chi connectivity index (χ4n) is 2.72. The molecule has 0 radical (unpaired) electrons. The van der Waals surface area contributed by atoms with E-state index in [0.717, 1.165) is 16.2 Å². The number of hydrogen-bond donors (Lipinski definition) is 0. The number of aromatic nitrogens is 1. The summed E-state index contributed by atoms with van der Waals surface area (Å²) in [5.74, 6) is -0.423. The molecule has 3 rings (SSSR count). The maximum absolute atomic E-state index is 12.3. The lowest BCUT2D eigenvalue weighted by molar-refractivity contribution is 0.0630. The number of imide groups is 1. The summed E-state index contributed by atoms with van der Waals surface area (Å²) in [4.78, 5) is 29.9. The van der Waals surface area contributed by atoms with Crippen LogP contribution in [0.15, 0.2) is 30.3 Å². The summed E-state index contributed by atoms with van der Waals surface area (Å²) in [5.41, 5.74) is 2.69. The quantitative estimate of drug-likeness (QED) is 0.807. The predicted molar refractivity (Wildman–Crippen MR) is 85.7 cm³/mol. The van der Waals surface area contributed by atoms with Crippen LogP contribution in [-0.2, 0) is 0 Å². The number of carbonyl (C=O) groups is 2. The second-order valence-electron chi connectivity index (χ2n) is 5.53. The fourth-order valence-corrected chi connectivity index (χ4v) is 2.72. The minimum atomic E-state index is -0.326. The Bertz CT molecular complexity index is 849. The van der Waals surface area contributed by atoms with Crippen LogP contribution < -0.4 is 4.74 Å². The van der Waals surface area contributed by atoms with Gasteiger partial charge in [0.2, 0.25) is 5.88 Å². The maximum atomic E-state index is 12.3. The third kappa shape index (κ3) is 2.61. The molecule has 0 unspecified atom stereocenters. The Kier molecular flexibility index (Phi) is 4.00. The lowest BCUT2D eigenvalue weighted by Crippen LogP contribution is -2.33. The number of pyridine rings is 1. The van der Waals surface area contributed by atoms with Crippen molar-refractivity contribution in [2.45, 2.75) is 13.8 Å². The molecule has 2 aromatic rings. The number of nitriles is 1. The van der Waals surface area contributed by atoms with Gasteiger partial charge in [-0.1, -0.05) is 12.1 Å². The monoisotopic (exact) mass is 321 g/mol. The van der Waals surface area contributed by atoms with Gasteiger partial charge in [0, 0.05) is 5.69 Å². The minimum absolute atomic E-state index is 0.0794. The molecule has 0 aliphatic carbocycles. The Morgan fingerprint density at radius 3 is 2.38 bits per heavy atom. The van der Waals surface area contributed by atoms with Crippen molar-refractivity contribution in [1.29, 1.82) is 5.26 Å². The number of fused-ring (bicyclic) bond motifs is 1. The van der Waals surface area contributed by atoms with Crippen LogP contribution in [0.1, 0.15) is 37.5 Å². The van der Waals surface area contributed by atoms with E-state index in [9.17, 15) is 14.9 Å². The molecule has 2 amide bonds. The van der Waals surface area contributed by atoms with E-state index < -0.39 is 0 Å². The Morgan fingerprint density at radius 1 is 1.17 bits per heavy atom. The molecule has 0 N–H and O–H groups in total. The molecule has 0 fully saturated rings. The number of carbonyl (C=O) groups excluding carboxylic acids is 2. The van der Waals surface area contributed by atoms with E-state index in [1.165, 1.54) is 0 Å². The molecule has 6 heteroatoms. The number of nitrogens with zero attached hydrogens (tertiary/aromatic N) is 3. The Balaban J connectivity index is 1.72. The van der Waals surface area contributed by atoms with Gasteiger partial charge in [-0.25, -0.2) is 4.98 Å². The van der Waals surface area contributed by atoms with Crippen molar-refractivity contribution in [3.05, 3.63) is 58.3 Å². The lowest BCUT2D eigenvalue weighted by atomic mass is 10.1. The molecule has 1 aromatic heterocycles. The molecule has 1 aromatic carbocycles. The van der Waals surface area contributed by atoms with Crippen LogP contribution >= 0.6 is 0 Å². The molecule has 1 aliphatic heterocycles. The zero-order chi connectivity index (χ0) is 17.3. The highest BCUT2D eigenvalue weighted by Gasteiger charge is 2.34. The van der Waals surface area contributed by atoms with E-state index in [1.807, 2.05) is 13.8 Å². The molecular formula is C18H15N3O3. The van der Waals surface area contributed by atoms with Crippen LogP contribution in [0.3, 0.4) is 0 Å². The highest BCUT2D eigenvalue weighted by molar-refractivity contribution is 6.21. The number of amides is 2. The van der Waals surface area contributed by atoms with Gasteiger partial charge >= 0.3 is 0 Å². The smallest absolute Gasteiger partial charge is 0.261 e. The number of ether oxygens (including phenoxy) is 1. The van der Waals surface area contributed by atoms with Crippen molar-refractivity contribution in [1.82, 2.24) is 9.88 Å². The SMILES string of the molecule is Cc1cc(C)c(C#N)c(OCCN2C(=O)c3ccccc3C2=O)n1. The average Bonchev–Trinajstić information content (AvgIpc) is 2.80. The number of aryl methyl sites for hydroxylation is 2. The largest absolute Gasteiger partial charge is 0.475 e. The predicted octanol–water partition coefficient (Wildman–Crippen LogP) is 2.25. The first-order valence-electron chi connectivity index (χ1n) is 7.49. The summed E-state index contributed by atoms with van der Waals surface area (Å²) in [7, 11) is 0. The summed E-state index contributed by atoms with van der Waals surface area (Å²) in [6.45, 7) is 3.80. The van der Waals surface area contributed by atoms with Crippen LogP contribution in [0.2, 0.25) is 0 Å². The van der Waals surface area contributed by atoms with E-state index in [0.29, 0.717) is 16.7 Å². The third-order valence-electron chi connectivity index (χ3n) is 3.86. The van der Waals surface area contributed by atoms with Gasteiger partial charge < -0.3 is 4.74 Å². The van der Waals surface area contributed by atoms with Crippen LogP contribution in [-0.4, -0.2) is 34.8 Å². The summed E-state index contributed by atoms with van der Waals surface area (Å²) >= 11 is 0. The van der Waals surface area contributed by atoms with Gasteiger partial charge in [-0.3, -0.25) is 14.5 Å². The molecule has 0 bridgehead atoms. The molecular weight excluding hydrogens is 306 g/mol. The molecule has 2 heterocycles. The second-order valence-corrected chi connectivity index (χ2v) is 5.53. The van der Waals surface area contributed by atoms with Crippen LogP contribution in [0.4, 0.5) is 0 Å². The van der Waals surface area contributed by atoms with Crippen LogP contribution in [0, 0.1) is 25.2 Å². The number of benzene rings is 1. The van der Waals surface area contributed by atoms with Gasteiger partial charge in [0.15, 0.2) is 0 Å². The molecule has 0 saturated carbocycles. The first-order valence-corrected chi connectivity index (χ1v) is 7.49. The standard InChI is InChI=1S/C18H15N3O3/c1-11-9-12(2)20-16(15(11)10-19)24-8-7-21-17(22)13-5-3-4-6-14(13)18(21)23/h3-6,9H,7-8H2,1-2H3. The fraction of sp³-hybridized carbons (Fsp3) is 0.222. The Morgan fingerprint density at radius 2 is 1.79 bits per heavy atom. The maximum Gasteiger partial charge on any atom is 0.261 e. The first kappa shape index (κ1) is 15.7. The zero-order valence-electron chi connectivity index (χ0n) is 13.4. The number of rotatable bonds is 4. The van der Waals surface area contributed by atoms with Crippen molar-refractivity contribution in [2.75, 3.05) is 13.2 Å². The van der Waals surface area contributed by atoms with Crippen molar-refractivity contribution < 1.29 is 14.3 Å². The first-order chi connectivity index (χ1) is 11.5. The van der Waals surface area contributed by atoms with E-state index in [4.69, 9.17) is 4.74 Å². The van der Waals surface area contributed by atoms with Gasteiger partial charge in [-0.15, -0.1) is 0 Å². The van der Waals surface area contributed by atoms with Crippen LogP contribution in [0.5, 0.6) is 5.88 Å².